The van der Waals surface area contributed by atoms with E-state index in [-0.39, 0.29) is 16.6 Å². The zero-order valence-electron chi connectivity index (χ0n) is 27.7. The molecule has 0 unspecified atom stereocenters. The Morgan fingerprint density at radius 1 is 1.07 bits per heavy atom. The molecule has 2 N–H and O–H groups in total. The minimum atomic E-state index is -0.451. The monoisotopic (exact) mass is 660 g/mol. The molecule has 1 aromatic carbocycles. The van der Waals surface area contributed by atoms with Crippen LogP contribution in [0.1, 0.15) is 37.9 Å². The first-order valence-electron chi connectivity index (χ1n) is 16.1. The second-order valence-electron chi connectivity index (χ2n) is 12.4. The third-order valence-corrected chi connectivity index (χ3v) is 11.0. The number of likely N-dealkylation sites (tertiary alicyclic amines) is 1. The largest absolute Gasteiger partial charge is 0.378 e. The third-order valence-electron chi connectivity index (χ3n) is 8.72. The highest BCUT2D eigenvalue weighted by molar-refractivity contribution is 8.00. The summed E-state index contributed by atoms with van der Waals surface area (Å²) in [6.07, 6.45) is 1.50. The third kappa shape index (κ3) is 10.5. The first kappa shape index (κ1) is 35.8. The second-order valence-corrected chi connectivity index (χ2v) is 15.0. The second kappa shape index (κ2) is 17.7. The van der Waals surface area contributed by atoms with Gasteiger partial charge in [0.1, 0.15) is 12.1 Å². The minimum absolute atomic E-state index is 0.0217. The highest BCUT2D eigenvalue weighted by atomic mass is 32.2. The van der Waals surface area contributed by atoms with Crippen LogP contribution in [0.2, 0.25) is 0 Å². The Balaban J connectivity index is 1.15. The summed E-state index contributed by atoms with van der Waals surface area (Å²) >= 11 is 3.34. The summed E-state index contributed by atoms with van der Waals surface area (Å²) in [6.45, 7) is 15.1. The van der Waals surface area contributed by atoms with Crippen molar-refractivity contribution in [2.24, 2.45) is 0 Å². The van der Waals surface area contributed by atoms with E-state index >= 15 is 0 Å². The number of carbonyl (C=O) groups is 2. The molecule has 2 atom stereocenters. The number of nitrogens with one attached hydrogen (secondary N) is 2. The molecule has 0 spiro atoms. The number of thioether (sulfide) groups is 1. The molecule has 0 bridgehead atoms. The van der Waals surface area contributed by atoms with E-state index in [2.05, 4.69) is 58.4 Å². The number of nitrogens with zero attached hydrogens (tertiary/aromatic N) is 4. The van der Waals surface area contributed by atoms with Gasteiger partial charge in [-0.3, -0.25) is 14.5 Å². The number of hydrogen-bond donors (Lipinski definition) is 2. The number of benzene rings is 1. The molecule has 2 saturated heterocycles. The number of aromatic nitrogens is 1. The van der Waals surface area contributed by atoms with Crippen LogP contribution in [0, 0.1) is 6.92 Å². The quantitative estimate of drug-likeness (QED) is 0.248. The molecule has 2 aliphatic rings. The maximum absolute atomic E-state index is 13.8. The normalized spacial score (nSPS) is 18.8. The van der Waals surface area contributed by atoms with Crippen molar-refractivity contribution in [3.05, 3.63) is 41.0 Å². The van der Waals surface area contributed by atoms with Gasteiger partial charge in [0.15, 0.2) is 0 Å². The van der Waals surface area contributed by atoms with Crippen LogP contribution in [0.15, 0.2) is 29.8 Å². The molecule has 12 heteroatoms. The molecule has 0 saturated carbocycles. The Labute approximate surface area is 277 Å². The Kier molecular flexibility index (Phi) is 14.1. The summed E-state index contributed by atoms with van der Waals surface area (Å²) in [5, 5.41) is 6.32. The number of rotatable bonds is 17. The fraction of sp³-hybridized carbons (Fsp3) is 0.667. The standard InChI is InChI=1S/C33H52N6O4S2/c1-25-29(44-24-36-25)27-10-8-26(9-11-27)23-35-31(40)28-7-6-12-39(28)32(41)30(34-4)33(2,3)45-22-21-43-20-19-42-18-17-38-15-13-37(5)14-16-38/h8-11,24,28,30,34H,6-7,12-23H2,1-5H3,(H,35,40)/t28-,30+/m0/s1. The van der Waals surface area contributed by atoms with E-state index in [4.69, 9.17) is 9.47 Å². The van der Waals surface area contributed by atoms with Gasteiger partial charge in [0, 0.05) is 56.3 Å². The molecule has 2 amide bonds. The van der Waals surface area contributed by atoms with Gasteiger partial charge < -0.3 is 29.9 Å². The molecule has 1 aromatic heterocycles. The van der Waals surface area contributed by atoms with Crippen molar-refractivity contribution in [1.82, 2.24) is 30.3 Å². The molecular weight excluding hydrogens is 609 g/mol. The molecule has 2 aliphatic heterocycles. The van der Waals surface area contributed by atoms with E-state index in [1.807, 2.05) is 31.6 Å². The molecule has 2 fully saturated rings. The summed E-state index contributed by atoms with van der Waals surface area (Å²) in [7, 11) is 3.99. The van der Waals surface area contributed by atoms with Crippen molar-refractivity contribution in [3.63, 3.8) is 0 Å². The van der Waals surface area contributed by atoms with E-state index < -0.39 is 12.1 Å². The topological polar surface area (TPSA) is 99.3 Å². The average molecular weight is 661 g/mol. The zero-order chi connectivity index (χ0) is 32.2. The molecule has 45 heavy (non-hydrogen) atoms. The van der Waals surface area contributed by atoms with E-state index in [9.17, 15) is 9.59 Å². The smallest absolute Gasteiger partial charge is 0.243 e. The fourth-order valence-corrected chi connectivity index (χ4v) is 7.86. The number of aryl methyl sites for hydroxylation is 1. The molecule has 4 rings (SSSR count). The molecule has 2 aromatic rings. The maximum atomic E-state index is 13.8. The van der Waals surface area contributed by atoms with E-state index in [1.54, 1.807) is 28.0 Å². The highest BCUT2D eigenvalue weighted by Crippen LogP contribution is 2.31. The van der Waals surface area contributed by atoms with Gasteiger partial charge in [0.25, 0.3) is 0 Å². The molecule has 0 aliphatic carbocycles. The van der Waals surface area contributed by atoms with Gasteiger partial charge in [0.2, 0.25) is 11.8 Å². The van der Waals surface area contributed by atoms with Gasteiger partial charge >= 0.3 is 0 Å². The number of amides is 2. The van der Waals surface area contributed by atoms with Crippen LogP contribution >= 0.6 is 23.1 Å². The van der Waals surface area contributed by atoms with E-state index in [1.165, 1.54) is 0 Å². The minimum Gasteiger partial charge on any atom is -0.378 e. The number of ether oxygens (including phenoxy) is 2. The van der Waals surface area contributed by atoms with Gasteiger partial charge in [-0.1, -0.05) is 24.3 Å². The summed E-state index contributed by atoms with van der Waals surface area (Å²) < 4.78 is 11.2. The first-order chi connectivity index (χ1) is 21.7. The molecule has 10 nitrogen and oxygen atoms in total. The summed E-state index contributed by atoms with van der Waals surface area (Å²) in [5.74, 6) is 0.652. The summed E-state index contributed by atoms with van der Waals surface area (Å²) in [6, 6.07) is 7.34. The molecule has 250 valence electrons. The van der Waals surface area contributed by atoms with Gasteiger partial charge in [0.05, 0.1) is 42.5 Å². The number of piperazine rings is 1. The lowest BCUT2D eigenvalue weighted by Gasteiger charge is -2.36. The predicted molar refractivity (Wildman–Crippen MR) is 184 cm³/mol. The average Bonchev–Trinajstić information content (AvgIpc) is 3.70. The summed E-state index contributed by atoms with van der Waals surface area (Å²) in [4.78, 5) is 39.1. The van der Waals surface area contributed by atoms with Crippen molar-refractivity contribution >= 4 is 34.9 Å². The van der Waals surface area contributed by atoms with Crippen LogP contribution in [0.3, 0.4) is 0 Å². The lowest BCUT2D eigenvalue weighted by Crippen LogP contribution is -2.57. The maximum Gasteiger partial charge on any atom is 0.243 e. The fourth-order valence-electron chi connectivity index (χ4n) is 5.93. The molecule has 0 radical (unpaired) electrons. The molecular formula is C33H52N6O4S2. The first-order valence-corrected chi connectivity index (χ1v) is 18.0. The SMILES string of the molecule is CN[C@H](C(=O)N1CCC[C@H]1C(=O)NCc1ccc(-c2scnc2C)cc1)C(C)(C)SCCOCCOCCN1CCN(C)CC1. The van der Waals surface area contributed by atoms with Gasteiger partial charge in [-0.25, -0.2) is 4.98 Å². The lowest BCUT2D eigenvalue weighted by molar-refractivity contribution is -0.140. The number of hydrogen-bond acceptors (Lipinski definition) is 10. The van der Waals surface area contributed by atoms with Crippen LogP contribution in [-0.4, -0.2) is 134 Å². The van der Waals surface area contributed by atoms with Gasteiger partial charge in [-0.05, 0) is 58.8 Å². The Morgan fingerprint density at radius 2 is 1.78 bits per heavy atom. The number of likely N-dealkylation sites (N-methyl/N-ethyl adjacent to an activating group) is 2. The zero-order valence-corrected chi connectivity index (χ0v) is 29.3. The van der Waals surface area contributed by atoms with Gasteiger partial charge in [-0.2, -0.15) is 11.8 Å². The van der Waals surface area contributed by atoms with Crippen molar-refractivity contribution in [3.8, 4) is 10.4 Å². The Bertz CT molecular complexity index is 1200. The van der Waals surface area contributed by atoms with Crippen LogP contribution < -0.4 is 10.6 Å². The Hall–Kier alpha value is -2.06. The van der Waals surface area contributed by atoms with Crippen LogP contribution in [0.5, 0.6) is 0 Å². The van der Waals surface area contributed by atoms with Crippen LogP contribution in [0.4, 0.5) is 0 Å². The highest BCUT2D eigenvalue weighted by Gasteiger charge is 2.42. The van der Waals surface area contributed by atoms with Crippen molar-refractivity contribution < 1.29 is 19.1 Å². The van der Waals surface area contributed by atoms with Crippen molar-refractivity contribution in [2.75, 3.05) is 85.5 Å². The van der Waals surface area contributed by atoms with Crippen molar-refractivity contribution in [1.29, 1.82) is 0 Å². The van der Waals surface area contributed by atoms with E-state index in [0.29, 0.717) is 39.3 Å². The van der Waals surface area contributed by atoms with E-state index in [0.717, 1.165) is 73.2 Å². The predicted octanol–water partition coefficient (Wildman–Crippen LogP) is 3.11. The van der Waals surface area contributed by atoms with Crippen molar-refractivity contribution in [2.45, 2.75) is 57.0 Å². The van der Waals surface area contributed by atoms with Crippen LogP contribution in [-0.2, 0) is 25.6 Å². The lowest BCUT2D eigenvalue weighted by atomic mass is 10.0. The number of carbonyl (C=O) groups excluding carboxylic acids is 2. The Morgan fingerprint density at radius 3 is 2.44 bits per heavy atom. The van der Waals surface area contributed by atoms with Gasteiger partial charge in [-0.15, -0.1) is 11.3 Å². The molecule has 3 heterocycles. The van der Waals surface area contributed by atoms with Crippen LogP contribution in [0.25, 0.3) is 10.4 Å². The number of thiazole rings is 1. The summed E-state index contributed by atoms with van der Waals surface area (Å²) in [5.41, 5.74) is 5.03.